The Morgan fingerprint density at radius 3 is 2.57 bits per heavy atom. The maximum absolute atomic E-state index is 12.1. The van der Waals surface area contributed by atoms with Crippen molar-refractivity contribution in [3.8, 4) is 0 Å². The molecule has 2 N–H and O–H groups in total. The summed E-state index contributed by atoms with van der Waals surface area (Å²) in [7, 11) is 1.68. The van der Waals surface area contributed by atoms with Crippen molar-refractivity contribution in [3.63, 3.8) is 0 Å². The van der Waals surface area contributed by atoms with Crippen LogP contribution in [0.3, 0.4) is 0 Å². The second-order valence-corrected chi connectivity index (χ2v) is 6.98. The Kier molecular flexibility index (Phi) is 10.8. The number of hydrogen-bond acceptors (Lipinski definition) is 4. The number of guanidine groups is 1. The van der Waals surface area contributed by atoms with E-state index in [0.29, 0.717) is 24.6 Å². The van der Waals surface area contributed by atoms with Crippen LogP contribution >= 0.6 is 35.3 Å². The van der Waals surface area contributed by atoms with E-state index in [4.69, 9.17) is 4.74 Å². The number of nitrogens with one attached hydrogen (secondary N) is 2. The van der Waals surface area contributed by atoms with E-state index < -0.39 is 12.8 Å². The quantitative estimate of drug-likeness (QED) is 0.306. The van der Waals surface area contributed by atoms with Crippen molar-refractivity contribution in [3.05, 3.63) is 51.5 Å². The number of aryl methyl sites for hydroxylation is 1. The van der Waals surface area contributed by atoms with Crippen molar-refractivity contribution in [1.82, 2.24) is 15.6 Å². The summed E-state index contributed by atoms with van der Waals surface area (Å²) in [5.74, 6) is 0.627. The van der Waals surface area contributed by atoms with Crippen molar-refractivity contribution in [2.24, 2.45) is 4.99 Å². The fourth-order valence-electron chi connectivity index (χ4n) is 2.27. The van der Waals surface area contributed by atoms with E-state index in [1.165, 1.54) is 4.88 Å². The van der Waals surface area contributed by atoms with Crippen LogP contribution in [-0.2, 0) is 30.9 Å². The average Bonchev–Trinajstić information content (AvgIpc) is 3.09. The van der Waals surface area contributed by atoms with Gasteiger partial charge in [0.15, 0.2) is 5.96 Å². The fourth-order valence-corrected chi connectivity index (χ4v) is 3.08. The van der Waals surface area contributed by atoms with Gasteiger partial charge in [0, 0.05) is 24.7 Å². The summed E-state index contributed by atoms with van der Waals surface area (Å²) < 4.78 is 41.1. The molecule has 0 radical (unpaired) electrons. The highest BCUT2D eigenvalue weighted by atomic mass is 127. The molecule has 0 saturated heterocycles. The van der Waals surface area contributed by atoms with Gasteiger partial charge in [-0.1, -0.05) is 31.2 Å². The molecule has 0 fully saturated rings. The second kappa shape index (κ2) is 12.2. The highest BCUT2D eigenvalue weighted by Crippen LogP contribution is 2.16. The number of ether oxygens (including phenoxy) is 1. The molecule has 0 aliphatic carbocycles. The van der Waals surface area contributed by atoms with Gasteiger partial charge in [-0.15, -0.1) is 35.3 Å². The second-order valence-electron chi connectivity index (χ2n) is 5.78. The molecule has 0 bridgehead atoms. The molecule has 10 heteroatoms. The number of benzene rings is 1. The van der Waals surface area contributed by atoms with Crippen LogP contribution in [0.4, 0.5) is 13.2 Å². The predicted octanol–water partition coefficient (Wildman–Crippen LogP) is 4.27. The van der Waals surface area contributed by atoms with Crippen LogP contribution in [0.1, 0.15) is 27.9 Å². The number of alkyl halides is 3. The zero-order valence-corrected chi connectivity index (χ0v) is 18.8. The topological polar surface area (TPSA) is 58.5 Å². The van der Waals surface area contributed by atoms with Crippen LogP contribution in [0.2, 0.25) is 0 Å². The Hall–Kier alpha value is -1.40. The molecule has 0 aliphatic heterocycles. The molecule has 2 rings (SSSR count). The molecule has 1 aromatic carbocycles. The van der Waals surface area contributed by atoms with Crippen LogP contribution < -0.4 is 10.6 Å². The van der Waals surface area contributed by atoms with Crippen LogP contribution in [0, 0.1) is 0 Å². The van der Waals surface area contributed by atoms with Gasteiger partial charge in [0.05, 0.1) is 13.2 Å². The highest BCUT2D eigenvalue weighted by Gasteiger charge is 2.27. The first-order chi connectivity index (χ1) is 12.9. The van der Waals surface area contributed by atoms with Crippen molar-refractivity contribution in [2.75, 3.05) is 13.7 Å². The Labute approximate surface area is 183 Å². The maximum Gasteiger partial charge on any atom is 0.411 e. The van der Waals surface area contributed by atoms with Gasteiger partial charge >= 0.3 is 6.18 Å². The average molecular weight is 528 g/mol. The molecule has 0 unspecified atom stereocenters. The monoisotopic (exact) mass is 528 g/mol. The smallest absolute Gasteiger partial charge is 0.367 e. The Morgan fingerprint density at radius 1 is 1.21 bits per heavy atom. The lowest BCUT2D eigenvalue weighted by molar-refractivity contribution is -0.176. The summed E-state index contributed by atoms with van der Waals surface area (Å²) in [5.41, 5.74) is 1.62. The van der Waals surface area contributed by atoms with Gasteiger partial charge in [0.25, 0.3) is 0 Å². The summed E-state index contributed by atoms with van der Waals surface area (Å²) in [4.78, 5) is 9.75. The predicted molar refractivity (Wildman–Crippen MR) is 116 cm³/mol. The zero-order chi connectivity index (χ0) is 19.7. The minimum atomic E-state index is -4.31. The zero-order valence-electron chi connectivity index (χ0n) is 15.7. The van der Waals surface area contributed by atoms with Gasteiger partial charge < -0.3 is 15.4 Å². The van der Waals surface area contributed by atoms with Gasteiger partial charge in [-0.05, 0) is 17.5 Å². The van der Waals surface area contributed by atoms with E-state index in [2.05, 4.69) is 27.5 Å². The van der Waals surface area contributed by atoms with Gasteiger partial charge in [0.2, 0.25) is 0 Å². The number of halogens is 4. The van der Waals surface area contributed by atoms with Gasteiger partial charge in [-0.3, -0.25) is 4.99 Å². The maximum atomic E-state index is 12.1. The molecule has 0 saturated carbocycles. The summed E-state index contributed by atoms with van der Waals surface area (Å²) >= 11 is 1.66. The molecule has 28 heavy (non-hydrogen) atoms. The van der Waals surface area contributed by atoms with E-state index >= 15 is 0 Å². The Bertz CT molecular complexity index is 752. The number of aromatic nitrogens is 1. The van der Waals surface area contributed by atoms with Crippen LogP contribution in [0.5, 0.6) is 0 Å². The SMILES string of the molecule is CCc1cnc(CNC(=NC)NCc2cccc(COCC(F)(F)F)c2)s1.I. The first-order valence-corrected chi connectivity index (χ1v) is 9.31. The number of thiazole rings is 1. The molecular weight excluding hydrogens is 504 g/mol. The standard InChI is InChI=1S/C18H23F3N4OS.HI/c1-3-15-9-23-16(27-15)10-25-17(22-2)24-8-13-5-4-6-14(7-13)11-26-12-18(19,20)21;/h4-7,9H,3,8,10-12H2,1-2H3,(H2,22,24,25);1H. The molecular formula is C18H24F3IN4OS. The van der Waals surface area contributed by atoms with Crippen molar-refractivity contribution < 1.29 is 17.9 Å². The van der Waals surface area contributed by atoms with E-state index in [9.17, 15) is 13.2 Å². The molecule has 1 heterocycles. The number of hydrogen-bond donors (Lipinski definition) is 2. The first kappa shape index (κ1) is 24.6. The van der Waals surface area contributed by atoms with E-state index in [-0.39, 0.29) is 30.6 Å². The van der Waals surface area contributed by atoms with Crippen LogP contribution in [0.25, 0.3) is 0 Å². The fraction of sp³-hybridized carbons (Fsp3) is 0.444. The lowest BCUT2D eigenvalue weighted by Gasteiger charge is -2.12. The molecule has 1 aromatic heterocycles. The minimum absolute atomic E-state index is 0. The highest BCUT2D eigenvalue weighted by molar-refractivity contribution is 14.0. The largest absolute Gasteiger partial charge is 0.411 e. The number of nitrogens with zero attached hydrogens (tertiary/aromatic N) is 2. The third-order valence-electron chi connectivity index (χ3n) is 3.57. The summed E-state index contributed by atoms with van der Waals surface area (Å²) in [6.45, 7) is 1.83. The van der Waals surface area contributed by atoms with Gasteiger partial charge in [-0.25, -0.2) is 4.98 Å². The Balaban J connectivity index is 0.00000392. The molecule has 0 atom stereocenters. The molecule has 0 aliphatic rings. The minimum Gasteiger partial charge on any atom is -0.367 e. The van der Waals surface area contributed by atoms with E-state index in [1.54, 1.807) is 30.5 Å². The third kappa shape index (κ3) is 9.20. The lowest BCUT2D eigenvalue weighted by Crippen LogP contribution is -2.36. The van der Waals surface area contributed by atoms with Gasteiger partial charge in [-0.2, -0.15) is 13.2 Å². The molecule has 156 valence electrons. The molecule has 5 nitrogen and oxygen atoms in total. The third-order valence-corrected chi connectivity index (χ3v) is 4.71. The normalized spacial score (nSPS) is 11.8. The summed E-state index contributed by atoms with van der Waals surface area (Å²) in [6, 6.07) is 7.23. The summed E-state index contributed by atoms with van der Waals surface area (Å²) in [5, 5.41) is 7.36. The first-order valence-electron chi connectivity index (χ1n) is 8.50. The van der Waals surface area contributed by atoms with Crippen LogP contribution in [-0.4, -0.2) is 30.8 Å². The molecule has 0 spiro atoms. The van der Waals surface area contributed by atoms with Crippen molar-refractivity contribution >= 4 is 41.3 Å². The van der Waals surface area contributed by atoms with Crippen molar-refractivity contribution in [2.45, 2.75) is 39.2 Å². The molecule has 0 amide bonds. The number of aliphatic imine (C=N–C) groups is 1. The number of rotatable bonds is 8. The lowest BCUT2D eigenvalue weighted by atomic mass is 10.1. The Morgan fingerprint density at radius 2 is 1.93 bits per heavy atom. The van der Waals surface area contributed by atoms with Gasteiger partial charge in [0.1, 0.15) is 11.6 Å². The van der Waals surface area contributed by atoms with Crippen LogP contribution in [0.15, 0.2) is 35.5 Å². The molecule has 2 aromatic rings. The van der Waals surface area contributed by atoms with E-state index in [1.807, 2.05) is 18.3 Å². The van der Waals surface area contributed by atoms with E-state index in [0.717, 1.165) is 17.0 Å². The summed E-state index contributed by atoms with van der Waals surface area (Å²) in [6.07, 6.45) is -1.47. The van der Waals surface area contributed by atoms with Crippen molar-refractivity contribution in [1.29, 1.82) is 0 Å².